The lowest BCUT2D eigenvalue weighted by atomic mass is 9.94. The van der Waals surface area contributed by atoms with Gasteiger partial charge in [-0.05, 0) is 83.3 Å². The molecule has 0 amide bonds. The van der Waals surface area contributed by atoms with Crippen LogP contribution in [-0.2, 0) is 0 Å². The maximum Gasteiger partial charge on any atom is 0.159 e. The second-order valence-corrected chi connectivity index (χ2v) is 16.5. The maximum absolute atomic E-state index is 6.84. The summed E-state index contributed by atoms with van der Waals surface area (Å²) < 4.78 is 11.8. The average Bonchev–Trinajstić information content (AvgIpc) is 3.95. The molecule has 5 nitrogen and oxygen atoms in total. The Hall–Kier alpha value is -6.28. The fourth-order valence-electron chi connectivity index (χ4n) is 9.27. The number of para-hydroxylation sites is 3. The molecule has 12 rings (SSSR count). The lowest BCUT2D eigenvalue weighted by Gasteiger charge is -2.42. The van der Waals surface area contributed by atoms with Gasteiger partial charge in [0.1, 0.15) is 5.58 Å². The van der Waals surface area contributed by atoms with Gasteiger partial charge in [0.25, 0.3) is 0 Å². The minimum Gasteiger partial charge on any atom is -0.454 e. The van der Waals surface area contributed by atoms with Gasteiger partial charge in [-0.3, -0.25) is 16.0 Å². The molecule has 1 fully saturated rings. The van der Waals surface area contributed by atoms with Crippen LogP contribution in [0, 0.1) is 5.92 Å². The highest BCUT2D eigenvalue weighted by Gasteiger charge is 2.32. The molecule has 1 aliphatic heterocycles. The second kappa shape index (κ2) is 13.2. The largest absolute Gasteiger partial charge is 0.454 e. The van der Waals surface area contributed by atoms with Crippen molar-refractivity contribution >= 4 is 75.3 Å². The Morgan fingerprint density at radius 3 is 2.00 bits per heavy atom. The molecule has 10 aromatic rings. The van der Waals surface area contributed by atoms with Crippen LogP contribution < -0.4 is 16.0 Å². The van der Waals surface area contributed by atoms with Crippen LogP contribution >= 0.6 is 11.3 Å². The number of aromatic nitrogens is 1. The SMILES string of the molecule is C1=CCC(C2NC(c3ccccc3)NC(c3ccc4sc5ccc(-c6ccc7c(c6)oc6c(-n8c9ccccc9c9ccccc98)cccc67)cc5c4c3)N2)C=C1. The molecule has 0 spiro atoms. The van der Waals surface area contributed by atoms with Crippen LogP contribution in [0.3, 0.4) is 0 Å². The second-order valence-electron chi connectivity index (χ2n) is 15.4. The van der Waals surface area contributed by atoms with Crippen molar-refractivity contribution in [2.75, 3.05) is 0 Å². The van der Waals surface area contributed by atoms with E-state index in [1.165, 1.54) is 58.7 Å². The summed E-state index contributed by atoms with van der Waals surface area (Å²) in [6.45, 7) is 0. The Morgan fingerprint density at radius 1 is 0.526 bits per heavy atom. The Labute approximate surface area is 333 Å². The molecule has 3 N–H and O–H groups in total. The smallest absolute Gasteiger partial charge is 0.159 e. The molecular weight excluding hydrogens is 717 g/mol. The third-order valence-corrected chi connectivity index (χ3v) is 13.2. The number of hydrogen-bond acceptors (Lipinski definition) is 5. The van der Waals surface area contributed by atoms with Gasteiger partial charge in [-0.15, -0.1) is 11.3 Å². The zero-order chi connectivity index (χ0) is 37.5. The van der Waals surface area contributed by atoms with Crippen molar-refractivity contribution in [1.82, 2.24) is 20.5 Å². The number of thiophene rings is 1. The minimum absolute atomic E-state index is 0.0220. The van der Waals surface area contributed by atoms with Crippen molar-refractivity contribution in [2.24, 2.45) is 5.92 Å². The number of fused-ring (bicyclic) bond motifs is 9. The average molecular weight is 755 g/mol. The van der Waals surface area contributed by atoms with Crippen molar-refractivity contribution in [2.45, 2.75) is 24.9 Å². The van der Waals surface area contributed by atoms with Crippen LogP contribution in [0.5, 0.6) is 0 Å². The van der Waals surface area contributed by atoms with Crippen LogP contribution in [-0.4, -0.2) is 10.7 Å². The Morgan fingerprint density at radius 2 is 1.21 bits per heavy atom. The summed E-state index contributed by atoms with van der Waals surface area (Å²) in [4.78, 5) is 0. The van der Waals surface area contributed by atoms with Gasteiger partial charge in [0.2, 0.25) is 0 Å². The summed E-state index contributed by atoms with van der Waals surface area (Å²) in [6, 6.07) is 55.1. The first-order valence-corrected chi connectivity index (χ1v) is 20.6. The number of nitrogens with zero attached hydrogens (tertiary/aromatic N) is 1. The highest BCUT2D eigenvalue weighted by atomic mass is 32.1. The number of allylic oxidation sites excluding steroid dienone is 3. The molecule has 4 atom stereocenters. The van der Waals surface area contributed by atoms with Gasteiger partial charge < -0.3 is 8.98 Å². The van der Waals surface area contributed by atoms with Crippen molar-refractivity contribution < 1.29 is 4.42 Å². The molecule has 4 heterocycles. The van der Waals surface area contributed by atoms with Gasteiger partial charge in [-0.1, -0.05) is 121 Å². The van der Waals surface area contributed by atoms with E-state index in [1.807, 2.05) is 11.3 Å². The monoisotopic (exact) mass is 754 g/mol. The van der Waals surface area contributed by atoms with Crippen LogP contribution in [0.25, 0.3) is 80.7 Å². The van der Waals surface area contributed by atoms with Gasteiger partial charge in [0.15, 0.2) is 5.58 Å². The van der Waals surface area contributed by atoms with Crippen molar-refractivity contribution in [1.29, 1.82) is 0 Å². The summed E-state index contributed by atoms with van der Waals surface area (Å²) in [5.74, 6) is 0.364. The van der Waals surface area contributed by atoms with Gasteiger partial charge >= 0.3 is 0 Å². The summed E-state index contributed by atoms with van der Waals surface area (Å²) in [5, 5.41) is 18.9. The Balaban J connectivity index is 0.929. The Kier molecular flexibility index (Phi) is 7.60. The standard InChI is InChI=1S/C51H38N4OS/c1-3-12-31(13-4-1)49-52-50(32-14-5-2-6-15-32)54-51(53-49)35-24-27-47-41(29-35)40-28-33(23-26-46(40)57-47)34-22-25-38-39-18-11-21-44(48(39)56-45(38)30-34)55-42-19-9-7-16-36(42)37-17-8-10-20-43(37)55/h1-14,16-30,32,49-54H,15H2. The summed E-state index contributed by atoms with van der Waals surface area (Å²) in [6.07, 6.45) is 10.0. The topological polar surface area (TPSA) is 54.2 Å². The van der Waals surface area contributed by atoms with E-state index in [0.717, 1.165) is 39.6 Å². The van der Waals surface area contributed by atoms with Gasteiger partial charge in [-0.2, -0.15) is 0 Å². The van der Waals surface area contributed by atoms with Crippen molar-refractivity contribution in [3.63, 3.8) is 0 Å². The molecule has 274 valence electrons. The maximum atomic E-state index is 6.84. The summed E-state index contributed by atoms with van der Waals surface area (Å²) in [7, 11) is 0. The predicted molar refractivity (Wildman–Crippen MR) is 238 cm³/mol. The van der Waals surface area contributed by atoms with Gasteiger partial charge in [0, 0.05) is 47.6 Å². The van der Waals surface area contributed by atoms with Gasteiger partial charge in [-0.25, -0.2) is 0 Å². The Bertz CT molecular complexity index is 3190. The zero-order valence-corrected chi connectivity index (χ0v) is 31.8. The van der Waals surface area contributed by atoms with E-state index < -0.39 is 0 Å². The third-order valence-electron chi connectivity index (χ3n) is 12.1. The lowest BCUT2D eigenvalue weighted by Crippen LogP contribution is -2.61. The van der Waals surface area contributed by atoms with E-state index in [0.29, 0.717) is 5.92 Å². The fourth-order valence-corrected chi connectivity index (χ4v) is 10.3. The molecular formula is C51H38N4OS. The first-order valence-electron chi connectivity index (χ1n) is 19.8. The number of nitrogens with one attached hydrogen (secondary N) is 3. The fraction of sp³-hybridized carbons (Fsp3) is 0.0980. The molecule has 2 aliphatic rings. The van der Waals surface area contributed by atoms with E-state index in [9.17, 15) is 0 Å². The van der Waals surface area contributed by atoms with E-state index >= 15 is 0 Å². The summed E-state index contributed by atoms with van der Waals surface area (Å²) in [5.41, 5.74) is 9.98. The zero-order valence-electron chi connectivity index (χ0n) is 31.0. The van der Waals surface area contributed by atoms with E-state index in [-0.39, 0.29) is 18.5 Å². The predicted octanol–water partition coefficient (Wildman–Crippen LogP) is 12.7. The van der Waals surface area contributed by atoms with E-state index in [2.05, 4.69) is 196 Å². The quantitative estimate of drug-likeness (QED) is 0.164. The van der Waals surface area contributed by atoms with E-state index in [1.54, 1.807) is 0 Å². The molecule has 3 aromatic heterocycles. The molecule has 1 saturated heterocycles. The van der Waals surface area contributed by atoms with E-state index in [4.69, 9.17) is 4.42 Å². The third kappa shape index (κ3) is 5.41. The van der Waals surface area contributed by atoms with Crippen LogP contribution in [0.1, 0.15) is 29.9 Å². The molecule has 6 heteroatoms. The van der Waals surface area contributed by atoms with Crippen molar-refractivity contribution in [3.05, 3.63) is 187 Å². The number of hydrogen-bond donors (Lipinski definition) is 3. The van der Waals surface area contributed by atoms with Crippen molar-refractivity contribution in [3.8, 4) is 16.8 Å². The number of rotatable bonds is 5. The number of furan rings is 1. The highest BCUT2D eigenvalue weighted by Crippen LogP contribution is 2.41. The van der Waals surface area contributed by atoms with Crippen LogP contribution in [0.2, 0.25) is 0 Å². The molecule has 0 radical (unpaired) electrons. The van der Waals surface area contributed by atoms with Crippen LogP contribution in [0.15, 0.2) is 180 Å². The molecule has 4 unspecified atom stereocenters. The normalized spacial score (nSPS) is 19.9. The highest BCUT2D eigenvalue weighted by molar-refractivity contribution is 7.25. The van der Waals surface area contributed by atoms with Gasteiger partial charge in [0.05, 0.1) is 35.2 Å². The first kappa shape index (κ1) is 32.9. The molecule has 57 heavy (non-hydrogen) atoms. The molecule has 0 saturated carbocycles. The summed E-state index contributed by atoms with van der Waals surface area (Å²) >= 11 is 1.86. The van der Waals surface area contributed by atoms with Crippen LogP contribution in [0.4, 0.5) is 0 Å². The molecule has 7 aromatic carbocycles. The minimum atomic E-state index is -0.0220. The lowest BCUT2D eigenvalue weighted by molar-refractivity contribution is 0.170. The molecule has 0 bridgehead atoms. The number of benzene rings is 7. The first-order chi connectivity index (χ1) is 28.2. The molecule has 1 aliphatic carbocycles.